The summed E-state index contributed by atoms with van der Waals surface area (Å²) in [6, 6.07) is 9.86. The molecule has 1 heterocycles. The molecule has 7 heteroatoms. The van der Waals surface area contributed by atoms with Gasteiger partial charge in [-0.05, 0) is 11.6 Å². The van der Waals surface area contributed by atoms with Crippen LogP contribution in [0.2, 0.25) is 0 Å². The van der Waals surface area contributed by atoms with Crippen molar-refractivity contribution in [3.8, 4) is 0 Å². The Labute approximate surface area is 116 Å². The van der Waals surface area contributed by atoms with Crippen LogP contribution in [0.3, 0.4) is 0 Å². The molecule has 0 fully saturated rings. The molecule has 0 aliphatic carbocycles. The zero-order valence-electron chi connectivity index (χ0n) is 10.9. The lowest BCUT2D eigenvalue weighted by molar-refractivity contribution is -0.128. The summed E-state index contributed by atoms with van der Waals surface area (Å²) in [6.45, 7) is 1.34. The van der Waals surface area contributed by atoms with Gasteiger partial charge in [-0.3, -0.25) is 10.0 Å². The second-order valence-electron chi connectivity index (χ2n) is 4.25. The van der Waals surface area contributed by atoms with Gasteiger partial charge in [0, 0.05) is 6.42 Å². The molecule has 1 aliphatic rings. The number of carbonyl (C=O) groups excluding carboxylic acids is 1. The molecule has 2 rings (SSSR count). The van der Waals surface area contributed by atoms with Crippen LogP contribution in [0.15, 0.2) is 52.4 Å². The van der Waals surface area contributed by atoms with Crippen molar-refractivity contribution in [3.05, 3.63) is 47.7 Å². The number of hydrogen-bond acceptors (Lipinski definition) is 6. The predicted octanol–water partition coefficient (Wildman–Crippen LogP) is 1.62. The minimum Gasteiger partial charge on any atom is -0.355 e. The first-order valence-electron chi connectivity index (χ1n) is 6.18. The van der Waals surface area contributed by atoms with Crippen molar-refractivity contribution >= 4 is 5.91 Å². The van der Waals surface area contributed by atoms with Gasteiger partial charge in [0.25, 0.3) is 0 Å². The van der Waals surface area contributed by atoms with E-state index in [1.165, 1.54) is 0 Å². The molecule has 1 aromatic carbocycles. The van der Waals surface area contributed by atoms with Crippen LogP contribution in [0.5, 0.6) is 0 Å². The van der Waals surface area contributed by atoms with E-state index in [1.54, 1.807) is 16.6 Å². The zero-order chi connectivity index (χ0) is 14.2. The summed E-state index contributed by atoms with van der Waals surface area (Å²) in [5.41, 5.74) is 3.33. The highest BCUT2D eigenvalue weighted by Crippen LogP contribution is 2.13. The first-order valence-corrected chi connectivity index (χ1v) is 6.18. The lowest BCUT2D eigenvalue weighted by Crippen LogP contribution is -2.19. The van der Waals surface area contributed by atoms with E-state index in [0.717, 1.165) is 5.56 Å². The number of ether oxygens (including phenoxy) is 1. The summed E-state index contributed by atoms with van der Waals surface area (Å²) in [7, 11) is 0. The summed E-state index contributed by atoms with van der Waals surface area (Å²) in [5.74, 6) is -0.480. The molecule has 0 saturated heterocycles. The normalized spacial score (nSPS) is 15.8. The average Bonchev–Trinajstić information content (AvgIpc) is 2.94. The number of amides is 1. The van der Waals surface area contributed by atoms with Gasteiger partial charge in [-0.1, -0.05) is 35.6 Å². The smallest absolute Gasteiger partial charge is 0.247 e. The van der Waals surface area contributed by atoms with E-state index in [1.807, 2.05) is 30.3 Å². The van der Waals surface area contributed by atoms with Gasteiger partial charge in [-0.15, -0.1) is 5.11 Å². The largest absolute Gasteiger partial charge is 0.355 e. The van der Waals surface area contributed by atoms with Gasteiger partial charge in [0.2, 0.25) is 5.91 Å². The molecule has 0 unspecified atom stereocenters. The Hall–Kier alpha value is -2.25. The summed E-state index contributed by atoms with van der Waals surface area (Å²) in [6.07, 6.45) is 1.69. The Morgan fingerprint density at radius 3 is 3.00 bits per heavy atom. The van der Waals surface area contributed by atoms with Crippen LogP contribution in [0.25, 0.3) is 0 Å². The molecule has 2 N–H and O–H groups in total. The third-order valence-corrected chi connectivity index (χ3v) is 2.64. The summed E-state index contributed by atoms with van der Waals surface area (Å²) < 4.78 is 5.52. The van der Waals surface area contributed by atoms with Crippen molar-refractivity contribution in [1.82, 2.24) is 10.5 Å². The van der Waals surface area contributed by atoms with Crippen molar-refractivity contribution in [3.63, 3.8) is 0 Å². The van der Waals surface area contributed by atoms with Crippen LogP contribution in [0, 0.1) is 0 Å². The topological polar surface area (TPSA) is 86.5 Å². The van der Waals surface area contributed by atoms with E-state index >= 15 is 0 Å². The predicted molar refractivity (Wildman–Crippen MR) is 70.3 cm³/mol. The lowest BCUT2D eigenvalue weighted by atomic mass is 10.2. The van der Waals surface area contributed by atoms with E-state index in [2.05, 4.69) is 10.3 Å². The second-order valence-corrected chi connectivity index (χ2v) is 4.25. The van der Waals surface area contributed by atoms with E-state index in [4.69, 9.17) is 9.94 Å². The molecule has 20 heavy (non-hydrogen) atoms. The van der Waals surface area contributed by atoms with Gasteiger partial charge in [-0.25, -0.2) is 10.5 Å². The maximum Gasteiger partial charge on any atom is 0.247 e. The molecule has 1 aliphatic heterocycles. The molecule has 1 aromatic rings. The SMILES string of the molecule is O=C(C/C=C1/CN(COCc2ccccc2)N=N1)NO. The number of carbonyl (C=O) groups is 1. The quantitative estimate of drug-likeness (QED) is 0.610. The van der Waals surface area contributed by atoms with E-state index in [9.17, 15) is 4.79 Å². The monoisotopic (exact) mass is 276 g/mol. The standard InChI is InChI=1S/C13H16N4O3/c18-13(15-19)7-6-12-8-17(16-14-12)10-20-9-11-4-2-1-3-5-11/h1-6,19H,7-10H2,(H,15,18)/b12-6-. The van der Waals surface area contributed by atoms with E-state index in [-0.39, 0.29) is 6.42 Å². The van der Waals surface area contributed by atoms with E-state index < -0.39 is 5.91 Å². The summed E-state index contributed by atoms with van der Waals surface area (Å²) in [4.78, 5) is 10.9. The highest BCUT2D eigenvalue weighted by Gasteiger charge is 2.12. The van der Waals surface area contributed by atoms with Gasteiger partial charge in [-0.2, -0.15) is 0 Å². The van der Waals surface area contributed by atoms with Crippen LogP contribution < -0.4 is 5.48 Å². The van der Waals surface area contributed by atoms with Crippen molar-refractivity contribution in [2.75, 3.05) is 13.3 Å². The Kier molecular flexibility index (Phi) is 5.22. The fourth-order valence-corrected chi connectivity index (χ4v) is 1.65. The number of rotatable bonds is 6. The van der Waals surface area contributed by atoms with Crippen LogP contribution in [0.1, 0.15) is 12.0 Å². The minimum atomic E-state index is -0.480. The number of nitrogens with one attached hydrogen (secondary N) is 1. The molecule has 0 saturated carbocycles. The molecule has 1 amide bonds. The Morgan fingerprint density at radius 1 is 1.45 bits per heavy atom. The highest BCUT2D eigenvalue weighted by atomic mass is 16.5. The highest BCUT2D eigenvalue weighted by molar-refractivity contribution is 5.76. The lowest BCUT2D eigenvalue weighted by Gasteiger charge is -2.11. The first-order chi connectivity index (χ1) is 9.78. The van der Waals surface area contributed by atoms with Gasteiger partial charge in [0.1, 0.15) is 6.73 Å². The second kappa shape index (κ2) is 7.37. The molecule has 0 bridgehead atoms. The molecule has 0 atom stereocenters. The Morgan fingerprint density at radius 2 is 2.25 bits per heavy atom. The Balaban J connectivity index is 1.69. The third-order valence-electron chi connectivity index (χ3n) is 2.64. The fraction of sp³-hybridized carbons (Fsp3) is 0.308. The Bertz CT molecular complexity index is 502. The summed E-state index contributed by atoms with van der Waals surface area (Å²) >= 11 is 0. The molecule has 7 nitrogen and oxygen atoms in total. The van der Waals surface area contributed by atoms with Crippen molar-refractivity contribution in [2.24, 2.45) is 10.3 Å². The van der Waals surface area contributed by atoms with Crippen molar-refractivity contribution < 1.29 is 14.7 Å². The molecule has 0 aromatic heterocycles. The zero-order valence-corrected chi connectivity index (χ0v) is 10.9. The van der Waals surface area contributed by atoms with Gasteiger partial charge >= 0.3 is 0 Å². The van der Waals surface area contributed by atoms with E-state index in [0.29, 0.717) is 25.6 Å². The van der Waals surface area contributed by atoms with Gasteiger partial charge in [0.15, 0.2) is 0 Å². The molecular formula is C13H16N4O3. The van der Waals surface area contributed by atoms with Crippen LogP contribution in [-0.2, 0) is 16.1 Å². The number of hydrogen-bond donors (Lipinski definition) is 2. The van der Waals surface area contributed by atoms with Crippen molar-refractivity contribution in [1.29, 1.82) is 0 Å². The van der Waals surface area contributed by atoms with Gasteiger partial charge < -0.3 is 4.74 Å². The first kappa shape index (κ1) is 14.2. The summed E-state index contributed by atoms with van der Waals surface area (Å²) in [5, 5.41) is 17.9. The molecule has 106 valence electrons. The fourth-order valence-electron chi connectivity index (χ4n) is 1.65. The van der Waals surface area contributed by atoms with Crippen LogP contribution >= 0.6 is 0 Å². The molecule has 0 spiro atoms. The van der Waals surface area contributed by atoms with Crippen molar-refractivity contribution in [2.45, 2.75) is 13.0 Å². The maximum atomic E-state index is 10.9. The minimum absolute atomic E-state index is 0.0730. The van der Waals surface area contributed by atoms with Gasteiger partial charge in [0.05, 0.1) is 18.8 Å². The van der Waals surface area contributed by atoms with Crippen LogP contribution in [-0.4, -0.2) is 29.4 Å². The number of benzene rings is 1. The molecule has 0 radical (unpaired) electrons. The average molecular weight is 276 g/mol. The maximum absolute atomic E-state index is 10.9. The van der Waals surface area contributed by atoms with Crippen LogP contribution in [0.4, 0.5) is 0 Å². The molecular weight excluding hydrogens is 260 g/mol. The third kappa shape index (κ3) is 4.45. The number of nitrogens with zero attached hydrogens (tertiary/aromatic N) is 3. The number of hydroxylamine groups is 1.